The number of thioether (sulfide) groups is 1. The lowest BCUT2D eigenvalue weighted by Crippen LogP contribution is -2.05. The lowest BCUT2D eigenvalue weighted by molar-refractivity contribution is 0.0920. The van der Waals surface area contributed by atoms with E-state index < -0.39 is 0 Å². The van der Waals surface area contributed by atoms with E-state index in [9.17, 15) is 0 Å². The highest BCUT2D eigenvalue weighted by Gasteiger charge is 1.96. The normalized spacial score (nSPS) is 11.5. The molecule has 152 valence electrons. The Labute approximate surface area is 164 Å². The Morgan fingerprint density at radius 1 is 0.560 bits per heavy atom. The summed E-state index contributed by atoms with van der Waals surface area (Å²) in [4.78, 5) is 0. The molecule has 0 unspecified atom stereocenters. The molecule has 0 radical (unpaired) electrons. The van der Waals surface area contributed by atoms with Crippen LogP contribution in [0.3, 0.4) is 0 Å². The Kier molecular flexibility index (Phi) is 22.6. The topological polar surface area (TPSA) is 9.23 Å². The lowest BCUT2D eigenvalue weighted by Gasteiger charge is -2.07. The Balaban J connectivity index is 2.96. The van der Waals surface area contributed by atoms with Crippen LogP contribution in [-0.2, 0) is 4.74 Å². The van der Waals surface area contributed by atoms with Crippen LogP contribution in [-0.4, -0.2) is 24.2 Å². The van der Waals surface area contributed by atoms with Crippen molar-refractivity contribution in [1.82, 2.24) is 0 Å². The predicted molar refractivity (Wildman–Crippen MR) is 118 cm³/mol. The van der Waals surface area contributed by atoms with Crippen molar-refractivity contribution >= 4 is 11.8 Å². The summed E-state index contributed by atoms with van der Waals surface area (Å²) >= 11 is 2.06. The molecule has 0 aromatic heterocycles. The summed E-state index contributed by atoms with van der Waals surface area (Å²) in [5.74, 6) is 2.48. The second-order valence-electron chi connectivity index (χ2n) is 7.84. The summed E-state index contributed by atoms with van der Waals surface area (Å²) in [7, 11) is 0. The summed E-state index contributed by atoms with van der Waals surface area (Å²) < 4.78 is 5.55. The molecule has 2 heteroatoms. The first-order chi connectivity index (χ1) is 12.3. The largest absolute Gasteiger partial charge is 0.378 e. The molecule has 0 aliphatic carbocycles. The van der Waals surface area contributed by atoms with E-state index in [0.29, 0.717) is 6.10 Å². The highest BCUT2D eigenvalue weighted by Crippen LogP contribution is 2.14. The zero-order chi connectivity index (χ0) is 18.4. The van der Waals surface area contributed by atoms with Gasteiger partial charge in [-0.05, 0) is 26.0 Å². The fraction of sp³-hybridized carbons (Fsp3) is 1.00. The van der Waals surface area contributed by atoms with Crippen molar-refractivity contribution in [3.8, 4) is 0 Å². The van der Waals surface area contributed by atoms with Crippen molar-refractivity contribution in [1.29, 1.82) is 0 Å². The summed E-state index contributed by atoms with van der Waals surface area (Å²) in [5.41, 5.74) is 0. The molecule has 0 aliphatic heterocycles. The van der Waals surface area contributed by atoms with E-state index in [1.165, 1.54) is 108 Å². The van der Waals surface area contributed by atoms with E-state index in [1.807, 2.05) is 0 Å². The van der Waals surface area contributed by atoms with E-state index in [1.54, 1.807) is 0 Å². The molecule has 1 nitrogen and oxygen atoms in total. The second-order valence-corrected chi connectivity index (χ2v) is 9.06. The number of ether oxygens (including phenoxy) is 1. The van der Waals surface area contributed by atoms with Crippen molar-refractivity contribution < 1.29 is 4.74 Å². The highest BCUT2D eigenvalue weighted by atomic mass is 32.2. The first-order valence-electron chi connectivity index (χ1n) is 11.5. The third-order valence-electron chi connectivity index (χ3n) is 4.82. The van der Waals surface area contributed by atoms with Gasteiger partial charge in [-0.15, -0.1) is 0 Å². The molecule has 0 atom stereocenters. The van der Waals surface area contributed by atoms with Crippen molar-refractivity contribution in [2.75, 3.05) is 18.1 Å². The minimum Gasteiger partial charge on any atom is -0.378 e. The van der Waals surface area contributed by atoms with Gasteiger partial charge in [0.2, 0.25) is 0 Å². The molecular formula is C23H48OS. The number of unbranched alkanes of at least 4 members (excludes halogenated alkanes) is 15. The van der Waals surface area contributed by atoms with E-state index in [0.717, 1.165) is 12.4 Å². The lowest BCUT2D eigenvalue weighted by atomic mass is 10.0. The average molecular weight is 373 g/mol. The van der Waals surface area contributed by atoms with Crippen LogP contribution in [0.2, 0.25) is 0 Å². The van der Waals surface area contributed by atoms with Crippen molar-refractivity contribution in [2.24, 2.45) is 0 Å². The maximum atomic E-state index is 5.55. The van der Waals surface area contributed by atoms with Gasteiger partial charge in [0, 0.05) is 5.75 Å². The van der Waals surface area contributed by atoms with Crippen molar-refractivity contribution in [3.63, 3.8) is 0 Å². The summed E-state index contributed by atoms with van der Waals surface area (Å²) in [5, 5.41) is 0. The monoisotopic (exact) mass is 372 g/mol. The molecule has 0 N–H and O–H groups in total. The SMILES string of the molecule is CCCCCCCCCCCCCCCCCCSCCOC(C)C. The Morgan fingerprint density at radius 3 is 1.36 bits per heavy atom. The van der Waals surface area contributed by atoms with Crippen molar-refractivity contribution in [3.05, 3.63) is 0 Å². The molecule has 0 aromatic carbocycles. The third-order valence-corrected chi connectivity index (χ3v) is 5.85. The molecule has 0 rings (SSSR count). The van der Waals surface area contributed by atoms with Gasteiger partial charge in [0.25, 0.3) is 0 Å². The molecular weight excluding hydrogens is 324 g/mol. The zero-order valence-electron chi connectivity index (χ0n) is 17.8. The smallest absolute Gasteiger partial charge is 0.0560 e. The van der Waals surface area contributed by atoms with Gasteiger partial charge in [0.1, 0.15) is 0 Å². The maximum Gasteiger partial charge on any atom is 0.0560 e. The first kappa shape index (κ1) is 25.3. The van der Waals surface area contributed by atoms with Gasteiger partial charge < -0.3 is 4.74 Å². The van der Waals surface area contributed by atoms with Crippen LogP contribution in [0.15, 0.2) is 0 Å². The molecule has 0 amide bonds. The molecule has 0 bridgehead atoms. The van der Waals surface area contributed by atoms with Crippen LogP contribution in [0.5, 0.6) is 0 Å². The minimum absolute atomic E-state index is 0.385. The number of hydrogen-bond acceptors (Lipinski definition) is 2. The summed E-state index contributed by atoms with van der Waals surface area (Å²) in [6, 6.07) is 0. The van der Waals surface area contributed by atoms with Gasteiger partial charge >= 0.3 is 0 Å². The predicted octanol–water partition coefficient (Wildman–Crippen LogP) is 8.41. The van der Waals surface area contributed by atoms with Crippen LogP contribution in [0.1, 0.15) is 124 Å². The van der Waals surface area contributed by atoms with Crippen LogP contribution in [0, 0.1) is 0 Å². The molecule has 0 saturated carbocycles. The van der Waals surface area contributed by atoms with Gasteiger partial charge in [-0.3, -0.25) is 0 Å². The van der Waals surface area contributed by atoms with Crippen LogP contribution in [0.25, 0.3) is 0 Å². The van der Waals surface area contributed by atoms with E-state index in [-0.39, 0.29) is 0 Å². The van der Waals surface area contributed by atoms with Gasteiger partial charge in [0.05, 0.1) is 12.7 Å². The molecule has 0 saturated heterocycles. The number of rotatable bonds is 21. The third kappa shape index (κ3) is 24.3. The molecule has 0 fully saturated rings. The average Bonchev–Trinajstić information content (AvgIpc) is 2.60. The molecule has 0 aliphatic rings. The zero-order valence-corrected chi connectivity index (χ0v) is 18.6. The van der Waals surface area contributed by atoms with Gasteiger partial charge in [-0.25, -0.2) is 0 Å². The highest BCUT2D eigenvalue weighted by molar-refractivity contribution is 7.99. The molecule has 25 heavy (non-hydrogen) atoms. The van der Waals surface area contributed by atoms with E-state index in [4.69, 9.17) is 4.74 Å². The standard InChI is InChI=1S/C23H48OS/c1-4-5-6-7-8-9-10-11-12-13-14-15-16-17-18-19-21-25-22-20-24-23(2)3/h23H,4-22H2,1-3H3. The Bertz CT molecular complexity index is 230. The quantitative estimate of drug-likeness (QED) is 0.187. The van der Waals surface area contributed by atoms with Crippen LogP contribution < -0.4 is 0 Å². The van der Waals surface area contributed by atoms with Gasteiger partial charge in [-0.1, -0.05) is 103 Å². The summed E-state index contributed by atoms with van der Waals surface area (Å²) in [6.07, 6.45) is 23.6. The van der Waals surface area contributed by atoms with Crippen LogP contribution in [0.4, 0.5) is 0 Å². The minimum atomic E-state index is 0.385. The number of hydrogen-bond donors (Lipinski definition) is 0. The van der Waals surface area contributed by atoms with Crippen molar-refractivity contribution in [2.45, 2.75) is 130 Å². The summed E-state index contributed by atoms with van der Waals surface area (Å²) in [6.45, 7) is 7.44. The van der Waals surface area contributed by atoms with Gasteiger partial charge in [0.15, 0.2) is 0 Å². The first-order valence-corrected chi connectivity index (χ1v) is 12.6. The van der Waals surface area contributed by atoms with E-state index in [2.05, 4.69) is 32.5 Å². The van der Waals surface area contributed by atoms with E-state index >= 15 is 0 Å². The molecule has 0 heterocycles. The fourth-order valence-corrected chi connectivity index (χ4v) is 4.02. The maximum absolute atomic E-state index is 5.55. The fourth-order valence-electron chi connectivity index (χ4n) is 3.20. The Morgan fingerprint density at radius 2 is 0.960 bits per heavy atom. The Hall–Kier alpha value is 0.310. The molecule has 0 aromatic rings. The molecule has 0 spiro atoms. The van der Waals surface area contributed by atoms with Crippen LogP contribution >= 0.6 is 11.8 Å². The van der Waals surface area contributed by atoms with Gasteiger partial charge in [-0.2, -0.15) is 11.8 Å². The second kappa shape index (κ2) is 22.4.